The minimum atomic E-state index is -0.0382. The molecule has 0 spiro atoms. The average Bonchev–Trinajstić information content (AvgIpc) is 2.87. The lowest BCUT2D eigenvalue weighted by Gasteiger charge is -2.13. The highest BCUT2D eigenvalue weighted by atomic mass is 32.2. The largest absolute Gasteiger partial charge is 0.444 e. The molecule has 0 saturated carbocycles. The fraction of sp³-hybridized carbons (Fsp3) is 0.545. The lowest BCUT2D eigenvalue weighted by atomic mass is 9.94. The second kappa shape index (κ2) is 4.64. The third-order valence-corrected chi connectivity index (χ3v) is 3.49. The van der Waals surface area contributed by atoms with E-state index in [-0.39, 0.29) is 10.7 Å². The lowest BCUT2D eigenvalue weighted by molar-refractivity contribution is 0.383. The molecule has 0 radical (unpaired) electrons. The van der Waals surface area contributed by atoms with E-state index in [0.717, 1.165) is 5.76 Å². The normalized spacial score (nSPS) is 13.8. The Morgan fingerprint density at radius 1 is 1.44 bits per heavy atom. The number of thioether (sulfide) groups is 1. The highest BCUT2D eigenvalue weighted by Gasteiger charge is 2.22. The molecule has 1 unspecified atom stereocenters. The van der Waals surface area contributed by atoms with Crippen molar-refractivity contribution in [2.45, 2.75) is 43.5 Å². The fourth-order valence-electron chi connectivity index (χ4n) is 1.35. The van der Waals surface area contributed by atoms with Crippen molar-refractivity contribution in [3.05, 3.63) is 24.2 Å². The number of nitrogen functional groups attached to an aromatic ring is 1. The van der Waals surface area contributed by atoms with Gasteiger partial charge in [-0.15, -0.1) is 10.2 Å². The standard InChI is InChI=1S/C11H17N5OS/c1-7(18-10-15-14-6-16(10)12)9-13-5-8(17-9)11(2,3)4/h5-7H,12H2,1-4H3. The number of rotatable bonds is 3. The average molecular weight is 267 g/mol. The molecule has 98 valence electrons. The number of hydrogen-bond donors (Lipinski definition) is 1. The minimum absolute atomic E-state index is 0.0348. The molecule has 0 fully saturated rings. The van der Waals surface area contributed by atoms with E-state index in [1.807, 2.05) is 6.92 Å². The number of hydrogen-bond acceptors (Lipinski definition) is 6. The topological polar surface area (TPSA) is 82.8 Å². The first-order valence-corrected chi connectivity index (χ1v) is 6.54. The van der Waals surface area contributed by atoms with Crippen LogP contribution in [0, 0.1) is 0 Å². The van der Waals surface area contributed by atoms with Crippen molar-refractivity contribution < 1.29 is 4.42 Å². The first-order valence-electron chi connectivity index (χ1n) is 5.66. The van der Waals surface area contributed by atoms with Crippen LogP contribution in [0.1, 0.15) is 44.6 Å². The van der Waals surface area contributed by atoms with Gasteiger partial charge in [-0.25, -0.2) is 9.66 Å². The zero-order valence-electron chi connectivity index (χ0n) is 10.9. The minimum Gasteiger partial charge on any atom is -0.444 e. The van der Waals surface area contributed by atoms with Crippen molar-refractivity contribution in [3.8, 4) is 0 Å². The Balaban J connectivity index is 2.12. The van der Waals surface area contributed by atoms with Gasteiger partial charge in [-0.2, -0.15) is 0 Å². The van der Waals surface area contributed by atoms with Gasteiger partial charge in [0.05, 0.1) is 11.4 Å². The van der Waals surface area contributed by atoms with Crippen LogP contribution >= 0.6 is 11.8 Å². The van der Waals surface area contributed by atoms with E-state index in [2.05, 4.69) is 36.0 Å². The number of nitrogens with two attached hydrogens (primary N) is 1. The molecule has 2 aromatic rings. The monoisotopic (exact) mass is 267 g/mol. The molecule has 0 aliphatic carbocycles. The number of nitrogens with zero attached hydrogens (tertiary/aromatic N) is 4. The van der Waals surface area contributed by atoms with Crippen LogP contribution < -0.4 is 5.84 Å². The Hall–Kier alpha value is -1.50. The molecule has 2 heterocycles. The number of aromatic nitrogens is 4. The van der Waals surface area contributed by atoms with Crippen molar-refractivity contribution >= 4 is 11.8 Å². The summed E-state index contributed by atoms with van der Waals surface area (Å²) in [5, 5.41) is 8.32. The Labute approximate surface area is 110 Å². The van der Waals surface area contributed by atoms with Crippen LogP contribution in [0.3, 0.4) is 0 Å². The second-order valence-electron chi connectivity index (χ2n) is 5.09. The van der Waals surface area contributed by atoms with Crippen LogP contribution in [0.15, 0.2) is 22.1 Å². The zero-order chi connectivity index (χ0) is 13.3. The summed E-state index contributed by atoms with van der Waals surface area (Å²) in [6.07, 6.45) is 3.24. The van der Waals surface area contributed by atoms with E-state index in [0.29, 0.717) is 11.0 Å². The summed E-state index contributed by atoms with van der Waals surface area (Å²) in [7, 11) is 0. The predicted octanol–water partition coefficient (Wildman–Crippen LogP) is 2.13. The SMILES string of the molecule is CC(Sc1nncn1N)c1ncc(C(C)(C)C)o1. The molecule has 0 aliphatic rings. The molecule has 7 heteroatoms. The molecule has 0 amide bonds. The molecule has 6 nitrogen and oxygen atoms in total. The zero-order valence-corrected chi connectivity index (χ0v) is 11.7. The summed E-state index contributed by atoms with van der Waals surface area (Å²) in [6, 6.07) is 0. The van der Waals surface area contributed by atoms with Gasteiger partial charge in [0.25, 0.3) is 0 Å². The molecular weight excluding hydrogens is 250 g/mol. The molecule has 0 aromatic carbocycles. The fourth-order valence-corrected chi connectivity index (χ4v) is 2.14. The Bertz CT molecular complexity index is 528. The summed E-state index contributed by atoms with van der Waals surface area (Å²) in [5.41, 5.74) is -0.0382. The smallest absolute Gasteiger partial charge is 0.210 e. The van der Waals surface area contributed by atoms with E-state index < -0.39 is 0 Å². The van der Waals surface area contributed by atoms with Gasteiger partial charge in [-0.05, 0) is 6.92 Å². The van der Waals surface area contributed by atoms with E-state index in [1.165, 1.54) is 22.8 Å². The lowest BCUT2D eigenvalue weighted by Crippen LogP contribution is -2.09. The molecule has 0 aliphatic heterocycles. The van der Waals surface area contributed by atoms with E-state index in [4.69, 9.17) is 10.3 Å². The summed E-state index contributed by atoms with van der Waals surface area (Å²) in [5.74, 6) is 7.21. The van der Waals surface area contributed by atoms with Crippen molar-refractivity contribution in [1.82, 2.24) is 19.9 Å². The Kier molecular flexibility index (Phi) is 3.34. The van der Waals surface area contributed by atoms with Gasteiger partial charge >= 0.3 is 0 Å². The highest BCUT2D eigenvalue weighted by molar-refractivity contribution is 7.99. The summed E-state index contributed by atoms with van der Waals surface area (Å²) < 4.78 is 7.15. The van der Waals surface area contributed by atoms with Crippen LogP contribution in [-0.2, 0) is 5.41 Å². The molecule has 2 N–H and O–H groups in total. The maximum absolute atomic E-state index is 5.77. The van der Waals surface area contributed by atoms with Gasteiger partial charge in [0.2, 0.25) is 11.0 Å². The molecular formula is C11H17N5OS. The van der Waals surface area contributed by atoms with Crippen LogP contribution in [0.2, 0.25) is 0 Å². The maximum atomic E-state index is 5.77. The van der Waals surface area contributed by atoms with Gasteiger partial charge in [-0.1, -0.05) is 32.5 Å². The second-order valence-corrected chi connectivity index (χ2v) is 6.40. The third-order valence-electron chi connectivity index (χ3n) is 2.43. The summed E-state index contributed by atoms with van der Waals surface area (Å²) in [6.45, 7) is 8.26. The third kappa shape index (κ3) is 2.66. The summed E-state index contributed by atoms with van der Waals surface area (Å²) >= 11 is 1.46. The molecule has 1 atom stereocenters. The first-order chi connectivity index (χ1) is 8.38. The van der Waals surface area contributed by atoms with E-state index in [1.54, 1.807) is 6.20 Å². The van der Waals surface area contributed by atoms with Crippen LogP contribution in [0.4, 0.5) is 0 Å². The van der Waals surface area contributed by atoms with E-state index >= 15 is 0 Å². The van der Waals surface area contributed by atoms with Crippen LogP contribution in [-0.4, -0.2) is 19.9 Å². The van der Waals surface area contributed by atoms with Gasteiger partial charge in [-0.3, -0.25) is 0 Å². The predicted molar refractivity (Wildman–Crippen MR) is 69.6 cm³/mol. The molecule has 0 bridgehead atoms. The highest BCUT2D eigenvalue weighted by Crippen LogP contribution is 2.34. The Morgan fingerprint density at radius 2 is 2.17 bits per heavy atom. The quantitative estimate of drug-likeness (QED) is 0.677. The molecule has 18 heavy (non-hydrogen) atoms. The van der Waals surface area contributed by atoms with Gasteiger partial charge in [0.15, 0.2) is 0 Å². The summed E-state index contributed by atoms with van der Waals surface area (Å²) in [4.78, 5) is 4.31. The van der Waals surface area contributed by atoms with Crippen LogP contribution in [0.5, 0.6) is 0 Å². The van der Waals surface area contributed by atoms with Crippen molar-refractivity contribution in [3.63, 3.8) is 0 Å². The molecule has 2 aromatic heterocycles. The molecule has 2 rings (SSSR count). The first kappa shape index (κ1) is 12.9. The van der Waals surface area contributed by atoms with Crippen LogP contribution in [0.25, 0.3) is 0 Å². The van der Waals surface area contributed by atoms with Crippen molar-refractivity contribution in [2.24, 2.45) is 0 Å². The maximum Gasteiger partial charge on any atom is 0.210 e. The Morgan fingerprint density at radius 3 is 2.67 bits per heavy atom. The van der Waals surface area contributed by atoms with E-state index in [9.17, 15) is 0 Å². The van der Waals surface area contributed by atoms with Gasteiger partial charge in [0.1, 0.15) is 12.1 Å². The van der Waals surface area contributed by atoms with Gasteiger partial charge in [0, 0.05) is 5.41 Å². The van der Waals surface area contributed by atoms with Crippen molar-refractivity contribution in [2.75, 3.05) is 5.84 Å². The molecule has 0 saturated heterocycles. The van der Waals surface area contributed by atoms with Gasteiger partial charge < -0.3 is 10.3 Å². The van der Waals surface area contributed by atoms with Crippen molar-refractivity contribution in [1.29, 1.82) is 0 Å². The number of oxazole rings is 1.